The van der Waals surface area contributed by atoms with Crippen molar-refractivity contribution in [2.24, 2.45) is 0 Å². The van der Waals surface area contributed by atoms with Crippen LogP contribution in [0.4, 0.5) is 8.78 Å². The van der Waals surface area contributed by atoms with Crippen LogP contribution < -0.4 is 5.32 Å². The molecule has 1 aromatic carbocycles. The Bertz CT molecular complexity index is 1070. The first-order valence-corrected chi connectivity index (χ1v) is 11.1. The van der Waals surface area contributed by atoms with E-state index >= 15 is 0 Å². The van der Waals surface area contributed by atoms with Crippen molar-refractivity contribution in [3.63, 3.8) is 0 Å². The summed E-state index contributed by atoms with van der Waals surface area (Å²) in [5, 5.41) is 2.78. The zero-order chi connectivity index (χ0) is 23.8. The molecule has 0 unspecified atom stereocenters. The molecule has 4 rings (SSSR count). The fourth-order valence-electron chi connectivity index (χ4n) is 3.67. The lowest BCUT2D eigenvalue weighted by Gasteiger charge is -2.29. The van der Waals surface area contributed by atoms with Crippen LogP contribution >= 0.6 is 0 Å². The number of aromatic nitrogens is 2. The van der Waals surface area contributed by atoms with Gasteiger partial charge in [0.1, 0.15) is 17.9 Å². The van der Waals surface area contributed by atoms with Crippen molar-refractivity contribution in [2.75, 3.05) is 39.4 Å². The van der Waals surface area contributed by atoms with Crippen LogP contribution in [0.15, 0.2) is 53.4 Å². The number of benzene rings is 1. The second-order valence-electron chi connectivity index (χ2n) is 8.07. The molecule has 10 heteroatoms. The average Bonchev–Trinajstić information content (AvgIpc) is 3.32. The van der Waals surface area contributed by atoms with Crippen molar-refractivity contribution in [3.05, 3.63) is 83.3 Å². The highest BCUT2D eigenvalue weighted by Crippen LogP contribution is 2.15. The van der Waals surface area contributed by atoms with Gasteiger partial charge >= 0.3 is 0 Å². The Morgan fingerprint density at radius 2 is 2.03 bits per heavy atom. The van der Waals surface area contributed by atoms with Gasteiger partial charge in [0.25, 0.3) is 5.91 Å². The second-order valence-corrected chi connectivity index (χ2v) is 8.07. The van der Waals surface area contributed by atoms with Crippen molar-refractivity contribution < 1.29 is 22.7 Å². The van der Waals surface area contributed by atoms with Gasteiger partial charge in [0.2, 0.25) is 5.89 Å². The Morgan fingerprint density at radius 3 is 2.79 bits per heavy atom. The number of amides is 1. The first kappa shape index (κ1) is 23.9. The van der Waals surface area contributed by atoms with Crippen LogP contribution in [0, 0.1) is 11.6 Å². The van der Waals surface area contributed by atoms with Crippen LogP contribution in [0.5, 0.6) is 0 Å². The molecule has 0 atom stereocenters. The molecule has 3 aromatic rings. The smallest absolute Gasteiger partial charge is 0.273 e. The largest absolute Gasteiger partial charge is 0.447 e. The average molecular weight is 472 g/mol. The fraction of sp³-hybridized carbons (Fsp3) is 0.375. The molecule has 8 nitrogen and oxygen atoms in total. The van der Waals surface area contributed by atoms with Gasteiger partial charge in [-0.2, -0.15) is 0 Å². The summed E-state index contributed by atoms with van der Waals surface area (Å²) >= 11 is 0. The minimum Gasteiger partial charge on any atom is -0.447 e. The summed E-state index contributed by atoms with van der Waals surface area (Å²) in [4.78, 5) is 25.0. The highest BCUT2D eigenvalue weighted by Gasteiger charge is 2.18. The molecule has 1 saturated heterocycles. The highest BCUT2D eigenvalue weighted by molar-refractivity contribution is 5.91. The first-order chi connectivity index (χ1) is 16.6. The topological polar surface area (TPSA) is 83.7 Å². The van der Waals surface area contributed by atoms with Gasteiger partial charge in [-0.15, -0.1) is 0 Å². The molecular weight excluding hydrogens is 444 g/mol. The third-order valence-corrected chi connectivity index (χ3v) is 5.56. The normalized spacial score (nSPS) is 14.4. The maximum absolute atomic E-state index is 14.3. The summed E-state index contributed by atoms with van der Waals surface area (Å²) in [6.45, 7) is 5.25. The molecule has 180 valence electrons. The molecule has 0 bridgehead atoms. The maximum atomic E-state index is 14.3. The minimum atomic E-state index is -0.615. The van der Waals surface area contributed by atoms with Crippen molar-refractivity contribution in [1.29, 1.82) is 0 Å². The van der Waals surface area contributed by atoms with Gasteiger partial charge in [0, 0.05) is 63.3 Å². The molecule has 0 saturated carbocycles. The summed E-state index contributed by atoms with van der Waals surface area (Å²) in [7, 11) is 0. The number of nitrogens with zero attached hydrogens (tertiary/aromatic N) is 4. The summed E-state index contributed by atoms with van der Waals surface area (Å²) in [5.74, 6) is -1.23. The second kappa shape index (κ2) is 11.8. The zero-order valence-corrected chi connectivity index (χ0v) is 18.8. The lowest BCUT2D eigenvalue weighted by atomic mass is 10.2. The first-order valence-electron chi connectivity index (χ1n) is 11.1. The molecule has 0 spiro atoms. The number of halogens is 2. The summed E-state index contributed by atoms with van der Waals surface area (Å²) in [6.07, 6.45) is 4.65. The van der Waals surface area contributed by atoms with E-state index in [1.54, 1.807) is 18.5 Å². The maximum Gasteiger partial charge on any atom is 0.273 e. The van der Waals surface area contributed by atoms with Gasteiger partial charge in [-0.1, -0.05) is 12.1 Å². The quantitative estimate of drug-likeness (QED) is 0.487. The Balaban J connectivity index is 1.39. The number of carbonyl (C=O) groups excluding carboxylic acids is 1. The third-order valence-electron chi connectivity index (χ3n) is 5.56. The molecule has 0 aliphatic carbocycles. The van der Waals surface area contributed by atoms with Crippen LogP contribution in [0.25, 0.3) is 0 Å². The zero-order valence-electron chi connectivity index (χ0n) is 18.8. The van der Waals surface area contributed by atoms with E-state index in [2.05, 4.69) is 20.2 Å². The van der Waals surface area contributed by atoms with Crippen molar-refractivity contribution >= 4 is 5.91 Å². The van der Waals surface area contributed by atoms with E-state index in [1.807, 2.05) is 11.0 Å². The van der Waals surface area contributed by atoms with Crippen LogP contribution in [0.2, 0.25) is 0 Å². The van der Waals surface area contributed by atoms with Crippen molar-refractivity contribution in [3.8, 4) is 0 Å². The number of oxazole rings is 1. The fourth-order valence-corrected chi connectivity index (χ4v) is 3.67. The number of carbonyl (C=O) groups is 1. The Hall–Kier alpha value is -3.21. The highest BCUT2D eigenvalue weighted by atomic mass is 19.1. The van der Waals surface area contributed by atoms with Crippen LogP contribution in [-0.4, -0.2) is 65.1 Å². The number of morpholine rings is 1. The number of rotatable bonds is 10. The molecule has 34 heavy (non-hydrogen) atoms. The molecule has 1 amide bonds. The molecule has 1 aliphatic rings. The van der Waals surface area contributed by atoms with Gasteiger partial charge in [-0.05, 0) is 17.7 Å². The number of nitrogens with one attached hydrogen (secondary N) is 1. The molecule has 2 aromatic heterocycles. The number of hydrogen-bond acceptors (Lipinski definition) is 7. The SMILES string of the molecule is O=C(NCc1cccnc1)c1coc(CN(CCN2CCOCC2)Cc2ccc(F)cc2F)n1. The van der Waals surface area contributed by atoms with Gasteiger partial charge in [-0.25, -0.2) is 13.8 Å². The van der Waals surface area contributed by atoms with E-state index in [0.29, 0.717) is 37.8 Å². The number of ether oxygens (including phenoxy) is 1. The Kier molecular flexibility index (Phi) is 8.29. The van der Waals surface area contributed by atoms with Crippen LogP contribution in [0.1, 0.15) is 27.5 Å². The van der Waals surface area contributed by atoms with E-state index in [4.69, 9.17) is 9.15 Å². The minimum absolute atomic E-state index is 0.167. The van der Waals surface area contributed by atoms with Crippen molar-refractivity contribution in [1.82, 2.24) is 25.1 Å². The van der Waals surface area contributed by atoms with Gasteiger partial charge in [0.05, 0.1) is 19.8 Å². The molecule has 1 N–H and O–H groups in total. The Labute approximate surface area is 196 Å². The molecule has 3 heterocycles. The predicted molar refractivity (Wildman–Crippen MR) is 120 cm³/mol. The standard InChI is InChI=1S/C24H27F2N5O3/c25-20-4-3-19(21(26)12-20)15-31(7-6-30-8-10-33-11-9-30)16-23-29-22(17-34-23)24(32)28-14-18-2-1-5-27-13-18/h1-5,12-13,17H,6-11,14-16H2,(H,28,32). The van der Waals surface area contributed by atoms with E-state index in [0.717, 1.165) is 31.3 Å². The molecule has 1 aliphatic heterocycles. The lowest BCUT2D eigenvalue weighted by molar-refractivity contribution is 0.0319. The number of hydrogen-bond donors (Lipinski definition) is 1. The van der Waals surface area contributed by atoms with E-state index in [1.165, 1.54) is 18.4 Å². The van der Waals surface area contributed by atoms with E-state index < -0.39 is 11.6 Å². The Morgan fingerprint density at radius 1 is 1.18 bits per heavy atom. The summed E-state index contributed by atoms with van der Waals surface area (Å²) in [6, 6.07) is 7.23. The van der Waals surface area contributed by atoms with Gasteiger partial charge in [0.15, 0.2) is 5.69 Å². The summed E-state index contributed by atoms with van der Waals surface area (Å²) < 4.78 is 38.5. The van der Waals surface area contributed by atoms with E-state index in [-0.39, 0.29) is 24.7 Å². The van der Waals surface area contributed by atoms with E-state index in [9.17, 15) is 13.6 Å². The molecule has 0 radical (unpaired) electrons. The molecular formula is C24H27F2N5O3. The van der Waals surface area contributed by atoms with Crippen molar-refractivity contribution in [2.45, 2.75) is 19.6 Å². The van der Waals surface area contributed by atoms with Crippen LogP contribution in [-0.2, 0) is 24.4 Å². The number of pyridine rings is 1. The third kappa shape index (κ3) is 6.89. The van der Waals surface area contributed by atoms with Gasteiger partial charge < -0.3 is 14.5 Å². The van der Waals surface area contributed by atoms with Gasteiger partial charge in [-0.3, -0.25) is 19.6 Å². The molecule has 1 fully saturated rings. The lowest BCUT2D eigenvalue weighted by Crippen LogP contribution is -2.41. The predicted octanol–water partition coefficient (Wildman–Crippen LogP) is 2.61. The van der Waals surface area contributed by atoms with Crippen LogP contribution in [0.3, 0.4) is 0 Å². The summed E-state index contributed by atoms with van der Waals surface area (Å²) in [5.41, 5.74) is 1.42. The monoisotopic (exact) mass is 471 g/mol.